The molecule has 0 fully saturated rings. The average Bonchev–Trinajstić information content (AvgIpc) is 3.13. The van der Waals surface area contributed by atoms with E-state index in [1.165, 1.54) is 6.07 Å². The van der Waals surface area contributed by atoms with Gasteiger partial charge in [0.1, 0.15) is 5.69 Å². The molecule has 0 aliphatic heterocycles. The van der Waals surface area contributed by atoms with E-state index in [2.05, 4.69) is 4.98 Å². The number of ketones is 1. The number of aromatic nitrogens is 1. The Bertz CT molecular complexity index is 1160. The predicted molar refractivity (Wildman–Crippen MR) is 123 cm³/mol. The third-order valence-electron chi connectivity index (χ3n) is 4.82. The van der Waals surface area contributed by atoms with Crippen molar-refractivity contribution < 1.29 is 23.9 Å². The highest BCUT2D eigenvalue weighted by molar-refractivity contribution is 6.43. The molecular weight excluding hydrogens is 455 g/mol. The molecule has 3 rings (SSSR count). The smallest absolute Gasteiger partial charge is 0.355 e. The van der Waals surface area contributed by atoms with Gasteiger partial charge in [0.05, 0.1) is 35.4 Å². The zero-order valence-corrected chi connectivity index (χ0v) is 18.9. The highest BCUT2D eigenvalue weighted by atomic mass is 35.5. The van der Waals surface area contributed by atoms with Crippen LogP contribution in [0.2, 0.25) is 10.0 Å². The highest BCUT2D eigenvalue weighted by Gasteiger charge is 2.25. The number of rotatable bonds is 9. The number of hydrogen-bond donors (Lipinski definition) is 2. The molecule has 3 N–H and O–H groups in total. The first-order valence-electron chi connectivity index (χ1n) is 10.0. The van der Waals surface area contributed by atoms with Crippen molar-refractivity contribution in [2.45, 2.75) is 26.2 Å². The van der Waals surface area contributed by atoms with Crippen molar-refractivity contribution in [2.24, 2.45) is 0 Å². The van der Waals surface area contributed by atoms with Gasteiger partial charge in [-0.15, -0.1) is 0 Å². The fourth-order valence-corrected chi connectivity index (χ4v) is 3.87. The summed E-state index contributed by atoms with van der Waals surface area (Å²) in [7, 11) is 0. The standard InChI is InChI=1S/C23H22Cl2N2O5/c1-2-31-23(30)22-14(19-16(27-22)12-15(24)21(26)20(19)25)11-18(29)32-10-6-9-17(28)13-7-4-3-5-8-13/h3-5,7-8,12,27H,2,6,9-11,26H2,1H3. The first-order valence-corrected chi connectivity index (χ1v) is 10.8. The number of nitrogens with two attached hydrogens (primary N) is 1. The van der Waals surface area contributed by atoms with Crippen LogP contribution in [0.15, 0.2) is 36.4 Å². The minimum atomic E-state index is -0.634. The molecule has 7 nitrogen and oxygen atoms in total. The minimum Gasteiger partial charge on any atom is -0.465 e. The SMILES string of the molecule is CCOC(=O)c1[nH]c2cc(Cl)c(N)c(Cl)c2c1CC(=O)OCCCC(=O)c1ccccc1. The normalized spacial score (nSPS) is 10.8. The molecule has 0 saturated carbocycles. The summed E-state index contributed by atoms with van der Waals surface area (Å²) >= 11 is 12.5. The Balaban J connectivity index is 1.71. The molecule has 0 radical (unpaired) electrons. The van der Waals surface area contributed by atoms with Gasteiger partial charge in [0, 0.05) is 28.5 Å². The lowest BCUT2D eigenvalue weighted by molar-refractivity contribution is -0.142. The van der Waals surface area contributed by atoms with Crippen LogP contribution < -0.4 is 5.73 Å². The molecule has 0 atom stereocenters. The maximum Gasteiger partial charge on any atom is 0.355 e. The lowest BCUT2D eigenvalue weighted by Crippen LogP contribution is -2.14. The van der Waals surface area contributed by atoms with E-state index < -0.39 is 11.9 Å². The minimum absolute atomic E-state index is 0.0259. The van der Waals surface area contributed by atoms with Crippen molar-refractivity contribution in [3.05, 3.63) is 63.3 Å². The average molecular weight is 477 g/mol. The zero-order chi connectivity index (χ0) is 23.3. The summed E-state index contributed by atoms with van der Waals surface area (Å²) in [6.07, 6.45) is 0.391. The van der Waals surface area contributed by atoms with Gasteiger partial charge in [-0.1, -0.05) is 53.5 Å². The molecule has 32 heavy (non-hydrogen) atoms. The third kappa shape index (κ3) is 5.23. The second-order valence-corrected chi connectivity index (χ2v) is 7.78. The van der Waals surface area contributed by atoms with Crippen molar-refractivity contribution in [3.8, 4) is 0 Å². The van der Waals surface area contributed by atoms with E-state index in [-0.39, 0.29) is 53.3 Å². The van der Waals surface area contributed by atoms with Crippen LogP contribution in [0.4, 0.5) is 5.69 Å². The van der Waals surface area contributed by atoms with Gasteiger partial charge in [0.25, 0.3) is 0 Å². The van der Waals surface area contributed by atoms with E-state index in [1.54, 1.807) is 31.2 Å². The number of carbonyl (C=O) groups is 3. The second kappa shape index (κ2) is 10.5. The van der Waals surface area contributed by atoms with Crippen LogP contribution >= 0.6 is 23.2 Å². The largest absolute Gasteiger partial charge is 0.465 e. The quantitative estimate of drug-likeness (QED) is 0.195. The summed E-state index contributed by atoms with van der Waals surface area (Å²) < 4.78 is 10.4. The van der Waals surface area contributed by atoms with Crippen LogP contribution in [0.25, 0.3) is 10.9 Å². The molecule has 0 unspecified atom stereocenters. The second-order valence-electron chi connectivity index (χ2n) is 7.00. The Hall–Kier alpha value is -3.03. The van der Waals surface area contributed by atoms with Gasteiger partial charge in [0.15, 0.2) is 5.78 Å². The van der Waals surface area contributed by atoms with E-state index >= 15 is 0 Å². The van der Waals surface area contributed by atoms with Gasteiger partial charge in [-0.3, -0.25) is 9.59 Å². The first-order chi connectivity index (χ1) is 15.3. The van der Waals surface area contributed by atoms with Crippen LogP contribution in [-0.2, 0) is 20.7 Å². The molecule has 0 spiro atoms. The number of hydrogen-bond acceptors (Lipinski definition) is 6. The lowest BCUT2D eigenvalue weighted by Gasteiger charge is -2.08. The number of carbonyl (C=O) groups excluding carboxylic acids is 3. The summed E-state index contributed by atoms with van der Waals surface area (Å²) in [6.45, 7) is 1.90. The third-order valence-corrected chi connectivity index (χ3v) is 5.53. The summed E-state index contributed by atoms with van der Waals surface area (Å²) in [5, 5.41) is 0.764. The summed E-state index contributed by atoms with van der Waals surface area (Å²) in [4.78, 5) is 40.0. The summed E-state index contributed by atoms with van der Waals surface area (Å²) in [5.41, 5.74) is 7.53. The van der Waals surface area contributed by atoms with Gasteiger partial charge in [-0.05, 0) is 19.4 Å². The fraction of sp³-hybridized carbons (Fsp3) is 0.261. The lowest BCUT2D eigenvalue weighted by atomic mass is 10.1. The number of nitrogens with one attached hydrogen (secondary N) is 1. The number of Topliss-reactive ketones (excluding diaryl/α,β-unsaturated/α-hetero) is 1. The van der Waals surface area contributed by atoms with E-state index in [1.807, 2.05) is 6.07 Å². The van der Waals surface area contributed by atoms with Gasteiger partial charge in [0.2, 0.25) is 0 Å². The molecule has 0 bridgehead atoms. The highest BCUT2D eigenvalue weighted by Crippen LogP contribution is 2.38. The van der Waals surface area contributed by atoms with Gasteiger partial charge in [-0.2, -0.15) is 0 Å². The van der Waals surface area contributed by atoms with E-state index in [4.69, 9.17) is 38.4 Å². The van der Waals surface area contributed by atoms with Crippen molar-refractivity contribution in [1.82, 2.24) is 4.98 Å². The van der Waals surface area contributed by atoms with E-state index in [9.17, 15) is 14.4 Å². The Morgan fingerprint density at radius 2 is 1.81 bits per heavy atom. The number of ether oxygens (including phenoxy) is 2. The van der Waals surface area contributed by atoms with Crippen molar-refractivity contribution in [2.75, 3.05) is 18.9 Å². The van der Waals surface area contributed by atoms with E-state index in [0.29, 0.717) is 28.5 Å². The molecular formula is C23H22Cl2N2O5. The van der Waals surface area contributed by atoms with Crippen LogP contribution in [0.1, 0.15) is 46.2 Å². The Morgan fingerprint density at radius 1 is 1.09 bits per heavy atom. The Labute approximate surface area is 194 Å². The Kier molecular flexibility index (Phi) is 7.77. The monoisotopic (exact) mass is 476 g/mol. The number of benzene rings is 2. The van der Waals surface area contributed by atoms with Crippen molar-refractivity contribution >= 4 is 57.5 Å². The molecule has 0 aliphatic carbocycles. The van der Waals surface area contributed by atoms with Gasteiger partial charge < -0.3 is 20.2 Å². The molecule has 0 amide bonds. The molecule has 1 aromatic heterocycles. The number of fused-ring (bicyclic) bond motifs is 1. The molecule has 0 saturated heterocycles. The Morgan fingerprint density at radius 3 is 2.50 bits per heavy atom. The van der Waals surface area contributed by atoms with Crippen molar-refractivity contribution in [1.29, 1.82) is 0 Å². The topological polar surface area (TPSA) is 111 Å². The van der Waals surface area contributed by atoms with Crippen molar-refractivity contribution in [3.63, 3.8) is 0 Å². The number of nitrogen functional groups attached to an aromatic ring is 1. The number of aromatic amines is 1. The molecule has 9 heteroatoms. The maximum absolute atomic E-state index is 12.5. The van der Waals surface area contributed by atoms with Crippen LogP contribution in [0.3, 0.4) is 0 Å². The van der Waals surface area contributed by atoms with Crippen LogP contribution in [0, 0.1) is 0 Å². The first kappa shape index (κ1) is 23.6. The number of esters is 2. The molecule has 1 heterocycles. The number of anilines is 1. The number of H-pyrrole nitrogens is 1. The van der Waals surface area contributed by atoms with E-state index in [0.717, 1.165) is 0 Å². The van der Waals surface area contributed by atoms with Crippen LogP contribution in [-0.4, -0.2) is 35.9 Å². The predicted octanol–water partition coefficient (Wildman–Crippen LogP) is 4.98. The number of halogens is 2. The summed E-state index contributed by atoms with van der Waals surface area (Å²) in [5.74, 6) is -1.24. The van der Waals surface area contributed by atoms with Gasteiger partial charge in [-0.25, -0.2) is 4.79 Å². The fourth-order valence-electron chi connectivity index (χ4n) is 3.30. The molecule has 0 aliphatic rings. The molecule has 3 aromatic rings. The summed E-state index contributed by atoms with van der Waals surface area (Å²) in [6, 6.07) is 10.4. The van der Waals surface area contributed by atoms with Crippen LogP contribution in [0.5, 0.6) is 0 Å². The van der Waals surface area contributed by atoms with Gasteiger partial charge >= 0.3 is 11.9 Å². The maximum atomic E-state index is 12.5. The zero-order valence-electron chi connectivity index (χ0n) is 17.4. The molecule has 2 aromatic carbocycles. The molecule has 168 valence electrons.